The van der Waals surface area contributed by atoms with E-state index in [1.807, 2.05) is 6.07 Å². The Labute approximate surface area is 97.4 Å². The number of nitrogens with two attached hydrogens (primary N) is 1. The lowest BCUT2D eigenvalue weighted by molar-refractivity contribution is 0.578. The van der Waals surface area contributed by atoms with Crippen molar-refractivity contribution in [1.82, 2.24) is 0 Å². The molecule has 16 heavy (non-hydrogen) atoms. The molecule has 1 aliphatic heterocycles. The molecule has 0 bridgehead atoms. The van der Waals surface area contributed by atoms with Crippen LogP contribution >= 0.6 is 0 Å². The van der Waals surface area contributed by atoms with Crippen LogP contribution in [0.25, 0.3) is 0 Å². The van der Waals surface area contributed by atoms with E-state index >= 15 is 0 Å². The quantitative estimate of drug-likeness (QED) is 0.724. The van der Waals surface area contributed by atoms with E-state index in [-0.39, 0.29) is 0 Å². The molecule has 0 amide bonds. The zero-order chi connectivity index (χ0) is 11.2. The first-order chi connectivity index (χ1) is 7.90. The van der Waals surface area contributed by atoms with Crippen LogP contribution < -0.4 is 10.6 Å². The zero-order valence-electron chi connectivity index (χ0n) is 9.58. The van der Waals surface area contributed by atoms with Gasteiger partial charge in [-0.15, -0.1) is 0 Å². The van der Waals surface area contributed by atoms with Crippen LogP contribution in [0.3, 0.4) is 0 Å². The molecule has 1 heterocycles. The summed E-state index contributed by atoms with van der Waals surface area (Å²) in [7, 11) is 0. The lowest BCUT2D eigenvalue weighted by Gasteiger charge is -2.28. The van der Waals surface area contributed by atoms with Gasteiger partial charge in [0.1, 0.15) is 0 Å². The standard InChI is InChI=1S/C14H18N2/c15-9-5-7-13-6-4-8-14(12-13)16-10-2-1-3-11-16/h4,6,8,12H,1-3,9-11,15H2. The molecule has 2 rings (SSSR count). The summed E-state index contributed by atoms with van der Waals surface area (Å²) in [4.78, 5) is 2.44. The number of benzene rings is 1. The number of rotatable bonds is 1. The second-order valence-corrected chi connectivity index (χ2v) is 4.10. The van der Waals surface area contributed by atoms with Gasteiger partial charge in [-0.25, -0.2) is 0 Å². The molecule has 0 aliphatic carbocycles. The largest absolute Gasteiger partial charge is 0.372 e. The fraction of sp³-hybridized carbons (Fsp3) is 0.429. The number of hydrogen-bond donors (Lipinski definition) is 1. The van der Waals surface area contributed by atoms with Crippen molar-refractivity contribution in [2.45, 2.75) is 19.3 Å². The van der Waals surface area contributed by atoms with E-state index in [2.05, 4.69) is 34.9 Å². The summed E-state index contributed by atoms with van der Waals surface area (Å²) in [6.45, 7) is 2.77. The maximum atomic E-state index is 5.37. The number of hydrogen-bond acceptors (Lipinski definition) is 2. The van der Waals surface area contributed by atoms with Crippen LogP contribution in [0.5, 0.6) is 0 Å². The molecule has 1 aromatic carbocycles. The molecule has 0 saturated carbocycles. The highest BCUT2D eigenvalue weighted by molar-refractivity contribution is 5.52. The Balaban J connectivity index is 2.14. The van der Waals surface area contributed by atoms with Crippen LogP contribution in [0.1, 0.15) is 24.8 Å². The fourth-order valence-corrected chi connectivity index (χ4v) is 2.09. The molecule has 2 N–H and O–H groups in total. The lowest BCUT2D eigenvalue weighted by atomic mass is 10.1. The maximum Gasteiger partial charge on any atom is 0.0555 e. The topological polar surface area (TPSA) is 29.3 Å². The molecule has 2 heteroatoms. The van der Waals surface area contributed by atoms with Crippen molar-refractivity contribution in [1.29, 1.82) is 0 Å². The van der Waals surface area contributed by atoms with Crippen LogP contribution in [0.4, 0.5) is 5.69 Å². The van der Waals surface area contributed by atoms with Gasteiger partial charge in [0.25, 0.3) is 0 Å². The van der Waals surface area contributed by atoms with E-state index in [4.69, 9.17) is 5.73 Å². The predicted octanol–water partition coefficient (Wildman–Crippen LogP) is 1.99. The summed E-state index contributed by atoms with van der Waals surface area (Å²) in [5, 5.41) is 0. The van der Waals surface area contributed by atoms with Crippen LogP contribution in [0.15, 0.2) is 24.3 Å². The molecule has 1 fully saturated rings. The van der Waals surface area contributed by atoms with Gasteiger partial charge in [-0.05, 0) is 37.5 Å². The third-order valence-electron chi connectivity index (χ3n) is 2.90. The van der Waals surface area contributed by atoms with Crippen molar-refractivity contribution in [3.8, 4) is 11.8 Å². The van der Waals surface area contributed by atoms with E-state index in [9.17, 15) is 0 Å². The summed E-state index contributed by atoms with van der Waals surface area (Å²) < 4.78 is 0. The van der Waals surface area contributed by atoms with Gasteiger partial charge in [-0.3, -0.25) is 0 Å². The molecule has 1 aromatic rings. The van der Waals surface area contributed by atoms with E-state index in [1.165, 1.54) is 38.0 Å². The van der Waals surface area contributed by atoms with E-state index in [1.54, 1.807) is 0 Å². The van der Waals surface area contributed by atoms with Gasteiger partial charge in [-0.1, -0.05) is 17.9 Å². The Hall–Kier alpha value is -1.46. The zero-order valence-corrected chi connectivity index (χ0v) is 9.58. The van der Waals surface area contributed by atoms with Gasteiger partial charge in [0.15, 0.2) is 0 Å². The minimum Gasteiger partial charge on any atom is -0.372 e. The third kappa shape index (κ3) is 2.77. The number of anilines is 1. The molecule has 0 unspecified atom stereocenters. The molecule has 0 radical (unpaired) electrons. The average Bonchev–Trinajstić information content (AvgIpc) is 2.38. The monoisotopic (exact) mass is 214 g/mol. The van der Waals surface area contributed by atoms with Crippen molar-refractivity contribution < 1.29 is 0 Å². The smallest absolute Gasteiger partial charge is 0.0555 e. The van der Waals surface area contributed by atoms with Gasteiger partial charge in [0.2, 0.25) is 0 Å². The highest BCUT2D eigenvalue weighted by Crippen LogP contribution is 2.20. The fourth-order valence-electron chi connectivity index (χ4n) is 2.09. The Kier molecular flexibility index (Phi) is 3.85. The van der Waals surface area contributed by atoms with Crippen LogP contribution in [0, 0.1) is 11.8 Å². The average molecular weight is 214 g/mol. The first-order valence-corrected chi connectivity index (χ1v) is 5.94. The summed E-state index contributed by atoms with van der Waals surface area (Å²) in [6, 6.07) is 8.44. The minimum absolute atomic E-state index is 0.425. The van der Waals surface area contributed by atoms with E-state index in [0.717, 1.165) is 5.56 Å². The number of nitrogens with zero attached hydrogens (tertiary/aromatic N) is 1. The third-order valence-corrected chi connectivity index (χ3v) is 2.90. The highest BCUT2D eigenvalue weighted by Gasteiger charge is 2.10. The van der Waals surface area contributed by atoms with Gasteiger partial charge >= 0.3 is 0 Å². The summed E-state index contributed by atoms with van der Waals surface area (Å²) >= 11 is 0. The first-order valence-electron chi connectivity index (χ1n) is 5.94. The van der Waals surface area contributed by atoms with Gasteiger partial charge in [0, 0.05) is 24.3 Å². The lowest BCUT2D eigenvalue weighted by Crippen LogP contribution is -2.29. The molecule has 0 atom stereocenters. The molecule has 0 spiro atoms. The van der Waals surface area contributed by atoms with Crippen molar-refractivity contribution in [3.05, 3.63) is 29.8 Å². The summed E-state index contributed by atoms with van der Waals surface area (Å²) in [6.07, 6.45) is 3.97. The second-order valence-electron chi connectivity index (χ2n) is 4.10. The van der Waals surface area contributed by atoms with Gasteiger partial charge in [0.05, 0.1) is 6.54 Å². The molecule has 2 nitrogen and oxygen atoms in total. The van der Waals surface area contributed by atoms with E-state index < -0.39 is 0 Å². The minimum atomic E-state index is 0.425. The SMILES string of the molecule is NCC#Cc1cccc(N2CCCCC2)c1. The van der Waals surface area contributed by atoms with Crippen molar-refractivity contribution in [3.63, 3.8) is 0 Å². The van der Waals surface area contributed by atoms with Crippen LogP contribution in [-0.4, -0.2) is 19.6 Å². The Morgan fingerprint density at radius 2 is 2.00 bits per heavy atom. The molecule has 1 aliphatic rings. The van der Waals surface area contributed by atoms with Crippen molar-refractivity contribution >= 4 is 5.69 Å². The second kappa shape index (κ2) is 5.58. The normalized spacial score (nSPS) is 15.4. The molecule has 0 aromatic heterocycles. The molecular weight excluding hydrogens is 196 g/mol. The number of piperidine rings is 1. The first kappa shape index (κ1) is 11.0. The maximum absolute atomic E-state index is 5.37. The molecule has 1 saturated heterocycles. The van der Waals surface area contributed by atoms with Crippen molar-refractivity contribution in [2.24, 2.45) is 5.73 Å². The highest BCUT2D eigenvalue weighted by atomic mass is 15.1. The Morgan fingerprint density at radius 1 is 1.19 bits per heavy atom. The van der Waals surface area contributed by atoms with Crippen LogP contribution in [-0.2, 0) is 0 Å². The predicted molar refractivity (Wildman–Crippen MR) is 68.4 cm³/mol. The van der Waals surface area contributed by atoms with Gasteiger partial charge < -0.3 is 10.6 Å². The summed E-state index contributed by atoms with van der Waals surface area (Å²) in [5.74, 6) is 5.98. The van der Waals surface area contributed by atoms with E-state index in [0.29, 0.717) is 6.54 Å². The molecular formula is C14H18N2. The Bertz CT molecular complexity index is 395. The summed E-state index contributed by atoms with van der Waals surface area (Å²) in [5.41, 5.74) is 7.73. The van der Waals surface area contributed by atoms with Gasteiger partial charge in [-0.2, -0.15) is 0 Å². The Morgan fingerprint density at radius 3 is 2.75 bits per heavy atom. The molecule has 84 valence electrons. The van der Waals surface area contributed by atoms with Crippen molar-refractivity contribution in [2.75, 3.05) is 24.5 Å². The van der Waals surface area contributed by atoms with Crippen LogP contribution in [0.2, 0.25) is 0 Å².